The molecule has 0 spiro atoms. The Labute approximate surface area is 121 Å². The van der Waals surface area contributed by atoms with E-state index >= 15 is 0 Å². The first-order valence-corrected chi connectivity index (χ1v) is 10.4. The van der Waals surface area contributed by atoms with Crippen LogP contribution in [0.15, 0.2) is 11.1 Å². The topological polar surface area (TPSA) is 23.8 Å². The van der Waals surface area contributed by atoms with E-state index in [1.807, 2.05) is 0 Å². The van der Waals surface area contributed by atoms with E-state index in [-0.39, 0.29) is 0 Å². The number of allylic oxidation sites excluding steroid dienone is 2. The van der Waals surface area contributed by atoms with Crippen molar-refractivity contribution in [3.63, 3.8) is 0 Å². The molecule has 0 aromatic carbocycles. The second-order valence-electron chi connectivity index (χ2n) is 5.16. The van der Waals surface area contributed by atoms with Crippen LogP contribution in [0.3, 0.4) is 0 Å². The van der Waals surface area contributed by atoms with E-state index in [0.717, 1.165) is 36.8 Å². The Bertz CT molecular complexity index is 377. The Balaban J connectivity index is 5.42. The minimum Gasteiger partial charge on any atom is -0.193 e. The Morgan fingerprint density at radius 3 is 1.68 bits per heavy atom. The van der Waals surface area contributed by atoms with Gasteiger partial charge in [0.1, 0.15) is 8.07 Å². The van der Waals surface area contributed by atoms with Crippen molar-refractivity contribution in [2.75, 3.05) is 0 Å². The Kier molecular flexibility index (Phi) is 9.36. The maximum Gasteiger partial charge on any atom is 0.138 e. The van der Waals surface area contributed by atoms with Crippen LogP contribution < -0.4 is 0 Å². The standard InChI is InChI=1S/C17H29NSi/c1-6-11-16(17(15-18)12-7-2)13-14-19(8-3,9-4)10-5/h6-12H2,1-5H3/b17-16-. The second-order valence-corrected chi connectivity index (χ2v) is 10.1. The highest BCUT2D eigenvalue weighted by Crippen LogP contribution is 2.20. The highest BCUT2D eigenvalue weighted by atomic mass is 28.3. The molecule has 0 N–H and O–H groups in total. The molecular formula is C17H29NSi. The average molecular weight is 276 g/mol. The molecule has 19 heavy (non-hydrogen) atoms. The van der Waals surface area contributed by atoms with Gasteiger partial charge < -0.3 is 0 Å². The number of nitrogens with zero attached hydrogens (tertiary/aromatic N) is 1. The van der Waals surface area contributed by atoms with Gasteiger partial charge in [0.05, 0.1) is 6.07 Å². The summed E-state index contributed by atoms with van der Waals surface area (Å²) in [6.45, 7) is 11.1. The zero-order chi connectivity index (χ0) is 14.7. The normalized spacial score (nSPS) is 12.2. The predicted molar refractivity (Wildman–Crippen MR) is 87.4 cm³/mol. The van der Waals surface area contributed by atoms with E-state index in [9.17, 15) is 5.26 Å². The van der Waals surface area contributed by atoms with Crippen molar-refractivity contribution >= 4 is 8.07 Å². The van der Waals surface area contributed by atoms with Gasteiger partial charge >= 0.3 is 0 Å². The molecule has 0 fully saturated rings. The summed E-state index contributed by atoms with van der Waals surface area (Å²) in [6.07, 6.45) is 3.92. The minimum absolute atomic E-state index is 0.874. The van der Waals surface area contributed by atoms with E-state index < -0.39 is 8.07 Å². The van der Waals surface area contributed by atoms with Crippen LogP contribution >= 0.6 is 0 Å². The maximum absolute atomic E-state index is 9.29. The van der Waals surface area contributed by atoms with Crippen LogP contribution in [0.2, 0.25) is 18.1 Å². The predicted octanol–water partition coefficient (Wildman–Crippen LogP) is 5.46. The zero-order valence-corrected chi connectivity index (χ0v) is 14.4. The first kappa shape index (κ1) is 18.0. The molecule has 1 nitrogen and oxygen atoms in total. The number of hydrogen-bond donors (Lipinski definition) is 0. The van der Waals surface area contributed by atoms with Crippen molar-refractivity contribution in [2.24, 2.45) is 0 Å². The molecule has 0 radical (unpaired) electrons. The average Bonchev–Trinajstić information content (AvgIpc) is 2.45. The smallest absolute Gasteiger partial charge is 0.138 e. The fourth-order valence-corrected chi connectivity index (χ4v) is 4.73. The van der Waals surface area contributed by atoms with E-state index in [4.69, 9.17) is 0 Å². The third kappa shape index (κ3) is 5.66. The van der Waals surface area contributed by atoms with Gasteiger partial charge in [-0.1, -0.05) is 53.4 Å². The summed E-state index contributed by atoms with van der Waals surface area (Å²) in [6, 6.07) is 6.04. The molecule has 0 bridgehead atoms. The molecule has 0 amide bonds. The maximum atomic E-state index is 9.29. The van der Waals surface area contributed by atoms with Crippen molar-refractivity contribution in [3.8, 4) is 17.5 Å². The van der Waals surface area contributed by atoms with Crippen LogP contribution in [0.1, 0.15) is 60.3 Å². The fourth-order valence-electron chi connectivity index (χ4n) is 2.29. The number of hydrogen-bond acceptors (Lipinski definition) is 1. The van der Waals surface area contributed by atoms with Crippen molar-refractivity contribution in [2.45, 2.75) is 78.4 Å². The number of nitriles is 1. The Morgan fingerprint density at radius 1 is 0.842 bits per heavy atom. The molecule has 0 aliphatic heterocycles. The molecule has 0 aliphatic carbocycles. The summed E-state index contributed by atoms with van der Waals surface area (Å²) in [4.78, 5) is 0. The third-order valence-corrected chi connectivity index (χ3v) is 8.72. The molecule has 0 unspecified atom stereocenters. The van der Waals surface area contributed by atoms with Gasteiger partial charge in [0, 0.05) is 11.1 Å². The van der Waals surface area contributed by atoms with Crippen molar-refractivity contribution in [1.29, 1.82) is 5.26 Å². The summed E-state index contributed by atoms with van der Waals surface area (Å²) in [5.41, 5.74) is 5.65. The highest BCUT2D eigenvalue weighted by molar-refractivity contribution is 6.87. The van der Waals surface area contributed by atoms with Crippen LogP contribution in [0, 0.1) is 22.8 Å². The van der Waals surface area contributed by atoms with Gasteiger partial charge in [-0.25, -0.2) is 0 Å². The molecule has 0 rings (SSSR count). The van der Waals surface area contributed by atoms with Gasteiger partial charge in [-0.15, -0.1) is 5.54 Å². The van der Waals surface area contributed by atoms with Crippen LogP contribution in [0.5, 0.6) is 0 Å². The van der Waals surface area contributed by atoms with E-state index in [1.165, 1.54) is 18.1 Å². The minimum atomic E-state index is -1.40. The molecule has 2 heteroatoms. The lowest BCUT2D eigenvalue weighted by Gasteiger charge is -2.20. The van der Waals surface area contributed by atoms with E-state index in [0.29, 0.717) is 0 Å². The molecule has 0 heterocycles. The Morgan fingerprint density at radius 2 is 1.32 bits per heavy atom. The monoisotopic (exact) mass is 275 g/mol. The van der Waals surface area contributed by atoms with Gasteiger partial charge in [-0.05, 0) is 31.0 Å². The largest absolute Gasteiger partial charge is 0.193 e. The molecule has 0 saturated carbocycles. The van der Waals surface area contributed by atoms with Gasteiger partial charge in [0.2, 0.25) is 0 Å². The van der Waals surface area contributed by atoms with Gasteiger partial charge in [0.15, 0.2) is 0 Å². The SMILES string of the molecule is CCC/C(C#N)=C(/C#C[Si](CC)(CC)CC)CCC. The quantitative estimate of drug-likeness (QED) is 0.344. The molecule has 0 aromatic heterocycles. The molecule has 106 valence electrons. The molecule has 0 aliphatic rings. The first-order chi connectivity index (χ1) is 9.12. The molecule has 0 saturated heterocycles. The summed E-state index contributed by atoms with van der Waals surface area (Å²) >= 11 is 0. The summed E-state index contributed by atoms with van der Waals surface area (Å²) in [7, 11) is -1.40. The summed E-state index contributed by atoms with van der Waals surface area (Å²) in [5.74, 6) is 3.42. The summed E-state index contributed by atoms with van der Waals surface area (Å²) in [5, 5.41) is 9.29. The van der Waals surface area contributed by atoms with Crippen LogP contribution in [0.25, 0.3) is 0 Å². The number of rotatable bonds is 7. The van der Waals surface area contributed by atoms with Crippen LogP contribution in [0.4, 0.5) is 0 Å². The van der Waals surface area contributed by atoms with Gasteiger partial charge in [-0.2, -0.15) is 5.26 Å². The third-order valence-electron chi connectivity index (χ3n) is 4.01. The van der Waals surface area contributed by atoms with Crippen LogP contribution in [-0.2, 0) is 0 Å². The lowest BCUT2D eigenvalue weighted by molar-refractivity contribution is 0.877. The molecule has 0 aromatic rings. The molecule has 0 atom stereocenters. The lowest BCUT2D eigenvalue weighted by atomic mass is 10.0. The first-order valence-electron chi connectivity index (χ1n) is 7.78. The van der Waals surface area contributed by atoms with Gasteiger partial charge in [0.25, 0.3) is 0 Å². The van der Waals surface area contributed by atoms with Crippen molar-refractivity contribution in [1.82, 2.24) is 0 Å². The fraction of sp³-hybridized carbons (Fsp3) is 0.706. The summed E-state index contributed by atoms with van der Waals surface area (Å²) < 4.78 is 0. The Hall–Kier alpha value is -0.993. The van der Waals surface area contributed by atoms with Crippen molar-refractivity contribution < 1.29 is 0 Å². The van der Waals surface area contributed by atoms with E-state index in [1.54, 1.807) is 0 Å². The van der Waals surface area contributed by atoms with Crippen molar-refractivity contribution in [3.05, 3.63) is 11.1 Å². The van der Waals surface area contributed by atoms with Crippen LogP contribution in [-0.4, -0.2) is 8.07 Å². The lowest BCUT2D eigenvalue weighted by Crippen LogP contribution is -2.29. The molecular weight excluding hydrogens is 246 g/mol. The second kappa shape index (κ2) is 9.87. The van der Waals surface area contributed by atoms with E-state index in [2.05, 4.69) is 52.2 Å². The zero-order valence-electron chi connectivity index (χ0n) is 13.4. The highest BCUT2D eigenvalue weighted by Gasteiger charge is 2.24. The van der Waals surface area contributed by atoms with Gasteiger partial charge in [-0.3, -0.25) is 0 Å².